The van der Waals surface area contributed by atoms with E-state index in [-0.39, 0.29) is 13.2 Å². The molecule has 7 heteroatoms. The summed E-state index contributed by atoms with van der Waals surface area (Å²) in [6.45, 7) is -1.30. The Morgan fingerprint density at radius 3 is 2.64 bits per heavy atom. The third-order valence-electron chi connectivity index (χ3n) is 1.00. The van der Waals surface area contributed by atoms with E-state index in [1.54, 1.807) is 0 Å². The van der Waals surface area contributed by atoms with Crippen molar-refractivity contribution >= 4 is 5.97 Å². The van der Waals surface area contributed by atoms with Crippen molar-refractivity contribution in [2.45, 2.75) is 6.18 Å². The van der Waals surface area contributed by atoms with Gasteiger partial charge in [0, 0.05) is 18.8 Å². The van der Waals surface area contributed by atoms with Crippen molar-refractivity contribution < 1.29 is 27.8 Å². The molecule has 4 nitrogen and oxygen atoms in total. The zero-order chi connectivity index (χ0) is 11.0. The number of carbonyl (C=O) groups is 1. The number of aliphatic carboxylic acids is 1. The SMILES string of the molecule is O=C(O)/C=C/NCCOCC(F)(F)F. The van der Waals surface area contributed by atoms with E-state index in [0.717, 1.165) is 12.3 Å². The Kier molecular flexibility index (Phi) is 5.70. The van der Waals surface area contributed by atoms with Gasteiger partial charge in [-0.1, -0.05) is 0 Å². The molecule has 0 atom stereocenters. The molecule has 0 aliphatic heterocycles. The summed E-state index contributed by atoms with van der Waals surface area (Å²) in [4.78, 5) is 9.91. The number of nitrogens with one attached hydrogen (secondary N) is 1. The van der Waals surface area contributed by atoms with Gasteiger partial charge in [0.15, 0.2) is 0 Å². The van der Waals surface area contributed by atoms with Crippen LogP contribution in [0.3, 0.4) is 0 Å². The average molecular weight is 213 g/mol. The molecule has 0 bridgehead atoms. The van der Waals surface area contributed by atoms with Gasteiger partial charge in [0.2, 0.25) is 0 Å². The van der Waals surface area contributed by atoms with Crippen LogP contribution in [0.4, 0.5) is 13.2 Å². The largest absolute Gasteiger partial charge is 0.478 e. The Morgan fingerprint density at radius 2 is 2.14 bits per heavy atom. The highest BCUT2D eigenvalue weighted by atomic mass is 19.4. The first-order chi connectivity index (χ1) is 6.42. The van der Waals surface area contributed by atoms with Crippen LogP contribution < -0.4 is 5.32 Å². The molecule has 0 aromatic rings. The molecule has 0 spiro atoms. The van der Waals surface area contributed by atoms with Gasteiger partial charge >= 0.3 is 12.1 Å². The lowest BCUT2D eigenvalue weighted by atomic mass is 10.6. The number of rotatable bonds is 6. The lowest BCUT2D eigenvalue weighted by molar-refractivity contribution is -0.173. The minimum atomic E-state index is -4.32. The van der Waals surface area contributed by atoms with Crippen LogP contribution in [0.2, 0.25) is 0 Å². The summed E-state index contributed by atoms with van der Waals surface area (Å²) in [6.07, 6.45) is -2.36. The first-order valence-corrected chi connectivity index (χ1v) is 3.69. The fourth-order valence-electron chi connectivity index (χ4n) is 0.533. The summed E-state index contributed by atoms with van der Waals surface area (Å²) in [6, 6.07) is 0. The van der Waals surface area contributed by atoms with Crippen molar-refractivity contribution in [1.82, 2.24) is 5.32 Å². The quantitative estimate of drug-likeness (QED) is 0.505. The van der Waals surface area contributed by atoms with Crippen LogP contribution in [0, 0.1) is 0 Å². The van der Waals surface area contributed by atoms with Gasteiger partial charge in [-0.15, -0.1) is 0 Å². The number of carboxylic acid groups (broad SMARTS) is 1. The molecule has 0 unspecified atom stereocenters. The molecule has 0 aromatic carbocycles. The number of halogens is 3. The number of hydrogen-bond donors (Lipinski definition) is 2. The summed E-state index contributed by atoms with van der Waals surface area (Å²) in [7, 11) is 0. The monoisotopic (exact) mass is 213 g/mol. The highest BCUT2D eigenvalue weighted by Crippen LogP contribution is 2.13. The molecule has 0 saturated heterocycles. The first-order valence-electron chi connectivity index (χ1n) is 3.69. The summed E-state index contributed by atoms with van der Waals surface area (Å²) in [5.74, 6) is -1.13. The summed E-state index contributed by atoms with van der Waals surface area (Å²) >= 11 is 0. The summed E-state index contributed by atoms with van der Waals surface area (Å²) in [5.41, 5.74) is 0. The van der Waals surface area contributed by atoms with Gasteiger partial charge in [-0.3, -0.25) is 0 Å². The van der Waals surface area contributed by atoms with Gasteiger partial charge in [-0.2, -0.15) is 13.2 Å². The maximum absolute atomic E-state index is 11.5. The van der Waals surface area contributed by atoms with Crippen LogP contribution in [0.15, 0.2) is 12.3 Å². The zero-order valence-corrected chi connectivity index (χ0v) is 7.17. The van der Waals surface area contributed by atoms with Gasteiger partial charge in [-0.25, -0.2) is 4.79 Å². The number of ether oxygens (including phenoxy) is 1. The Labute approximate surface area is 78.4 Å². The van der Waals surface area contributed by atoms with E-state index >= 15 is 0 Å². The molecule has 0 rings (SSSR count). The van der Waals surface area contributed by atoms with E-state index in [2.05, 4.69) is 10.1 Å². The minimum Gasteiger partial charge on any atom is -0.478 e. The van der Waals surface area contributed by atoms with Crippen molar-refractivity contribution in [1.29, 1.82) is 0 Å². The zero-order valence-electron chi connectivity index (χ0n) is 7.17. The van der Waals surface area contributed by atoms with Gasteiger partial charge in [0.05, 0.1) is 6.61 Å². The molecular weight excluding hydrogens is 203 g/mol. The van der Waals surface area contributed by atoms with Crippen molar-refractivity contribution in [3.05, 3.63) is 12.3 Å². The van der Waals surface area contributed by atoms with Crippen molar-refractivity contribution in [3.8, 4) is 0 Å². The molecule has 0 fully saturated rings. The fourth-order valence-corrected chi connectivity index (χ4v) is 0.533. The standard InChI is InChI=1S/C7H10F3NO3/c8-7(9,10)5-14-4-3-11-2-1-6(12)13/h1-2,11H,3-5H2,(H,12,13)/b2-1+. The van der Waals surface area contributed by atoms with Gasteiger partial charge < -0.3 is 15.2 Å². The number of carboxylic acids is 1. The summed E-state index contributed by atoms with van der Waals surface area (Å²) < 4.78 is 38.7. The van der Waals surface area contributed by atoms with E-state index in [4.69, 9.17) is 5.11 Å². The Morgan fingerprint density at radius 1 is 1.50 bits per heavy atom. The van der Waals surface area contributed by atoms with E-state index in [1.807, 2.05) is 0 Å². The van der Waals surface area contributed by atoms with Crippen molar-refractivity contribution in [2.75, 3.05) is 19.8 Å². The highest BCUT2D eigenvalue weighted by molar-refractivity contribution is 5.79. The van der Waals surface area contributed by atoms with Crippen LogP contribution in [-0.4, -0.2) is 37.0 Å². The van der Waals surface area contributed by atoms with Crippen LogP contribution in [0.5, 0.6) is 0 Å². The summed E-state index contributed by atoms with van der Waals surface area (Å²) in [5, 5.41) is 10.6. The minimum absolute atomic E-state index is 0.125. The molecule has 14 heavy (non-hydrogen) atoms. The maximum atomic E-state index is 11.5. The molecule has 0 amide bonds. The molecule has 0 aliphatic carbocycles. The van der Waals surface area contributed by atoms with E-state index in [9.17, 15) is 18.0 Å². The van der Waals surface area contributed by atoms with Crippen LogP contribution >= 0.6 is 0 Å². The van der Waals surface area contributed by atoms with Crippen molar-refractivity contribution in [2.24, 2.45) is 0 Å². The third kappa shape index (κ3) is 10.8. The lowest BCUT2D eigenvalue weighted by Crippen LogP contribution is -2.21. The fraction of sp³-hybridized carbons (Fsp3) is 0.571. The van der Waals surface area contributed by atoms with E-state index in [1.165, 1.54) is 0 Å². The molecule has 0 aromatic heterocycles. The normalized spacial score (nSPS) is 11.9. The topological polar surface area (TPSA) is 58.6 Å². The first kappa shape index (κ1) is 12.8. The lowest BCUT2D eigenvalue weighted by Gasteiger charge is -2.06. The van der Waals surface area contributed by atoms with Crippen LogP contribution in [-0.2, 0) is 9.53 Å². The third-order valence-corrected chi connectivity index (χ3v) is 1.00. The van der Waals surface area contributed by atoms with Crippen LogP contribution in [0.25, 0.3) is 0 Å². The molecular formula is C7H10F3NO3. The Balaban J connectivity index is 3.27. The molecule has 2 N–H and O–H groups in total. The maximum Gasteiger partial charge on any atom is 0.411 e. The van der Waals surface area contributed by atoms with Gasteiger partial charge in [0.1, 0.15) is 6.61 Å². The molecule has 82 valence electrons. The predicted molar refractivity (Wildman–Crippen MR) is 41.7 cm³/mol. The average Bonchev–Trinajstić information content (AvgIpc) is 2.00. The molecule has 0 heterocycles. The van der Waals surface area contributed by atoms with E-state index < -0.39 is 18.8 Å². The highest BCUT2D eigenvalue weighted by Gasteiger charge is 2.26. The van der Waals surface area contributed by atoms with Crippen molar-refractivity contribution in [3.63, 3.8) is 0 Å². The van der Waals surface area contributed by atoms with Crippen LogP contribution in [0.1, 0.15) is 0 Å². The number of hydrogen-bond acceptors (Lipinski definition) is 3. The second kappa shape index (κ2) is 6.25. The Hall–Kier alpha value is -1.24. The smallest absolute Gasteiger partial charge is 0.411 e. The molecule has 0 radical (unpaired) electrons. The van der Waals surface area contributed by atoms with Gasteiger partial charge in [-0.05, 0) is 0 Å². The predicted octanol–water partition coefficient (Wildman–Crippen LogP) is 0.753. The molecule has 0 saturated carbocycles. The van der Waals surface area contributed by atoms with E-state index in [0.29, 0.717) is 0 Å². The second-order valence-electron chi connectivity index (χ2n) is 2.29. The Bertz CT molecular complexity index is 203. The molecule has 0 aliphatic rings. The number of alkyl halides is 3. The van der Waals surface area contributed by atoms with Gasteiger partial charge in [0.25, 0.3) is 0 Å². The second-order valence-corrected chi connectivity index (χ2v) is 2.29.